The Bertz CT molecular complexity index is 1090. The van der Waals surface area contributed by atoms with Crippen LogP contribution in [0.4, 0.5) is 10.1 Å². The first-order chi connectivity index (χ1) is 14.8. The van der Waals surface area contributed by atoms with E-state index in [1.165, 1.54) is 24.3 Å². The second-order valence-electron chi connectivity index (χ2n) is 7.19. The highest BCUT2D eigenvalue weighted by Gasteiger charge is 2.28. The molecule has 11 heteroatoms. The number of morpholine rings is 1. The van der Waals surface area contributed by atoms with Crippen molar-refractivity contribution in [3.05, 3.63) is 52.8 Å². The zero-order valence-electron chi connectivity index (χ0n) is 16.4. The predicted molar refractivity (Wildman–Crippen MR) is 112 cm³/mol. The van der Waals surface area contributed by atoms with Crippen molar-refractivity contribution in [1.82, 2.24) is 9.62 Å². The first-order valence-electron chi connectivity index (χ1n) is 9.66. The van der Waals surface area contributed by atoms with Crippen molar-refractivity contribution >= 4 is 33.2 Å². The number of ether oxygens (including phenoxy) is 2. The molecule has 0 spiro atoms. The van der Waals surface area contributed by atoms with Gasteiger partial charge in [0.05, 0.1) is 23.9 Å². The van der Waals surface area contributed by atoms with E-state index in [0.717, 1.165) is 0 Å². The highest BCUT2D eigenvalue weighted by atomic mass is 35.5. The van der Waals surface area contributed by atoms with Gasteiger partial charge < -0.3 is 14.8 Å². The molecular weight excluding hydrogens is 449 g/mol. The summed E-state index contributed by atoms with van der Waals surface area (Å²) in [6.45, 7) is 2.01. The number of carbonyl (C=O) groups is 1. The number of carbonyl (C=O) groups excluding carboxylic acids is 1. The molecule has 31 heavy (non-hydrogen) atoms. The third kappa shape index (κ3) is 4.99. The average Bonchev–Trinajstić information content (AvgIpc) is 2.74. The Morgan fingerprint density at radius 1 is 1.23 bits per heavy atom. The zero-order valence-corrected chi connectivity index (χ0v) is 18.0. The number of hydrogen-bond donors (Lipinski definition) is 2. The lowest BCUT2D eigenvalue weighted by molar-refractivity contribution is -0.118. The molecule has 1 amide bonds. The van der Waals surface area contributed by atoms with Gasteiger partial charge in [0.1, 0.15) is 16.5 Å². The SMILES string of the molecule is O=C1COc2cc(S(=O)(=O)NCC(c3cccc(F)c3)N3CCOCC3)c(Cl)cc2N1. The van der Waals surface area contributed by atoms with Crippen LogP contribution in [0.3, 0.4) is 0 Å². The van der Waals surface area contributed by atoms with Crippen LogP contribution in [0.5, 0.6) is 5.75 Å². The van der Waals surface area contributed by atoms with E-state index in [1.807, 2.05) is 4.90 Å². The van der Waals surface area contributed by atoms with E-state index < -0.39 is 15.8 Å². The molecule has 2 aliphatic rings. The van der Waals surface area contributed by atoms with Gasteiger partial charge in [0.2, 0.25) is 10.0 Å². The summed E-state index contributed by atoms with van der Waals surface area (Å²) in [7, 11) is -4.02. The smallest absolute Gasteiger partial charge is 0.262 e. The molecule has 0 bridgehead atoms. The summed E-state index contributed by atoms with van der Waals surface area (Å²) in [5, 5.41) is 2.53. The molecule has 0 radical (unpaired) electrons. The first kappa shape index (κ1) is 22.0. The molecule has 4 rings (SSSR count). The van der Waals surface area contributed by atoms with E-state index in [9.17, 15) is 17.6 Å². The molecule has 1 atom stereocenters. The van der Waals surface area contributed by atoms with Gasteiger partial charge >= 0.3 is 0 Å². The molecule has 0 saturated carbocycles. The molecule has 2 aromatic rings. The van der Waals surface area contributed by atoms with Crippen molar-refractivity contribution < 1.29 is 27.1 Å². The maximum atomic E-state index is 13.8. The van der Waals surface area contributed by atoms with E-state index in [4.69, 9.17) is 21.1 Å². The number of fused-ring (bicyclic) bond motifs is 1. The fourth-order valence-electron chi connectivity index (χ4n) is 3.61. The van der Waals surface area contributed by atoms with Gasteiger partial charge in [-0.1, -0.05) is 23.7 Å². The Morgan fingerprint density at radius 2 is 2.00 bits per heavy atom. The zero-order chi connectivity index (χ0) is 22.0. The van der Waals surface area contributed by atoms with Crippen molar-refractivity contribution in [3.63, 3.8) is 0 Å². The van der Waals surface area contributed by atoms with Gasteiger partial charge in [-0.05, 0) is 23.8 Å². The third-order valence-corrected chi connectivity index (χ3v) is 7.03. The molecule has 0 aromatic heterocycles. The van der Waals surface area contributed by atoms with Crippen LogP contribution >= 0.6 is 11.6 Å². The van der Waals surface area contributed by atoms with Gasteiger partial charge in [-0.2, -0.15) is 0 Å². The van der Waals surface area contributed by atoms with Crippen LogP contribution in [-0.4, -0.2) is 58.7 Å². The van der Waals surface area contributed by atoms with E-state index in [0.29, 0.717) is 37.6 Å². The molecule has 1 saturated heterocycles. The van der Waals surface area contributed by atoms with Crippen molar-refractivity contribution in [1.29, 1.82) is 0 Å². The van der Waals surface area contributed by atoms with Gasteiger partial charge in [-0.25, -0.2) is 17.5 Å². The lowest BCUT2D eigenvalue weighted by Gasteiger charge is -2.35. The summed E-state index contributed by atoms with van der Waals surface area (Å²) in [4.78, 5) is 13.3. The molecule has 1 fully saturated rings. The summed E-state index contributed by atoms with van der Waals surface area (Å²) >= 11 is 6.19. The van der Waals surface area contributed by atoms with Crippen LogP contribution in [0.25, 0.3) is 0 Å². The van der Waals surface area contributed by atoms with Gasteiger partial charge in [-0.3, -0.25) is 9.69 Å². The van der Waals surface area contributed by atoms with Crippen molar-refractivity contribution in [2.75, 3.05) is 44.8 Å². The number of sulfonamides is 1. The summed E-state index contributed by atoms with van der Waals surface area (Å²) in [6.07, 6.45) is 0. The predicted octanol–water partition coefficient (Wildman–Crippen LogP) is 2.16. The molecular formula is C20H21ClFN3O5S. The average molecular weight is 470 g/mol. The van der Waals surface area contributed by atoms with E-state index in [2.05, 4.69) is 10.0 Å². The maximum Gasteiger partial charge on any atom is 0.262 e. The van der Waals surface area contributed by atoms with Crippen LogP contribution < -0.4 is 14.8 Å². The minimum Gasteiger partial charge on any atom is -0.482 e. The molecule has 1 unspecified atom stereocenters. The van der Waals surface area contributed by atoms with Crippen LogP contribution in [0.2, 0.25) is 5.02 Å². The quantitative estimate of drug-likeness (QED) is 0.673. The number of nitrogens with one attached hydrogen (secondary N) is 2. The van der Waals surface area contributed by atoms with Gasteiger partial charge in [0.25, 0.3) is 5.91 Å². The van der Waals surface area contributed by atoms with Gasteiger partial charge in [0, 0.05) is 31.7 Å². The normalized spacial score (nSPS) is 18.1. The highest BCUT2D eigenvalue weighted by molar-refractivity contribution is 7.89. The van der Waals surface area contributed by atoms with Crippen LogP contribution in [0.15, 0.2) is 41.3 Å². The molecule has 2 N–H and O–H groups in total. The molecule has 2 aromatic carbocycles. The van der Waals surface area contributed by atoms with Crippen LogP contribution in [0.1, 0.15) is 11.6 Å². The molecule has 0 aliphatic carbocycles. The Morgan fingerprint density at radius 3 is 2.74 bits per heavy atom. The van der Waals surface area contributed by atoms with E-state index in [-0.39, 0.29) is 40.8 Å². The Hall–Kier alpha value is -2.24. The fraction of sp³-hybridized carbons (Fsp3) is 0.350. The van der Waals surface area contributed by atoms with Gasteiger partial charge in [-0.15, -0.1) is 0 Å². The number of hydrogen-bond acceptors (Lipinski definition) is 6. The van der Waals surface area contributed by atoms with Gasteiger partial charge in [0.15, 0.2) is 6.61 Å². The maximum absolute atomic E-state index is 13.8. The topological polar surface area (TPSA) is 97.0 Å². The molecule has 166 valence electrons. The monoisotopic (exact) mass is 469 g/mol. The first-order valence-corrected chi connectivity index (χ1v) is 11.5. The number of nitrogens with zero attached hydrogens (tertiary/aromatic N) is 1. The fourth-order valence-corrected chi connectivity index (χ4v) is 5.19. The molecule has 8 nitrogen and oxygen atoms in total. The van der Waals surface area contributed by atoms with E-state index in [1.54, 1.807) is 12.1 Å². The minimum absolute atomic E-state index is 0.0107. The van der Waals surface area contributed by atoms with E-state index >= 15 is 0 Å². The number of anilines is 1. The summed E-state index contributed by atoms with van der Waals surface area (Å²) in [5.74, 6) is -0.518. The molecule has 2 aliphatic heterocycles. The van der Waals surface area contributed by atoms with Crippen LogP contribution in [-0.2, 0) is 19.6 Å². The second kappa shape index (κ2) is 9.09. The summed E-state index contributed by atoms with van der Waals surface area (Å²) in [6, 6.07) is 8.34. The largest absolute Gasteiger partial charge is 0.482 e. The highest BCUT2D eigenvalue weighted by Crippen LogP contribution is 2.35. The third-order valence-electron chi connectivity index (χ3n) is 5.14. The number of rotatable bonds is 6. The lowest BCUT2D eigenvalue weighted by Crippen LogP contribution is -2.43. The Balaban J connectivity index is 1.58. The van der Waals surface area contributed by atoms with Crippen molar-refractivity contribution in [2.45, 2.75) is 10.9 Å². The summed E-state index contributed by atoms with van der Waals surface area (Å²) < 4.78 is 53.2. The Kier molecular flexibility index (Phi) is 6.44. The Labute approximate surface area is 184 Å². The number of halogens is 2. The number of benzene rings is 2. The summed E-state index contributed by atoms with van der Waals surface area (Å²) in [5.41, 5.74) is 0.971. The lowest BCUT2D eigenvalue weighted by atomic mass is 10.0. The van der Waals surface area contributed by atoms with Crippen LogP contribution in [0, 0.1) is 5.82 Å². The standard InChI is InChI=1S/C20H21ClFN3O5S/c21-15-9-16-18(30-12-20(26)24-16)10-19(15)31(27,28)23-11-17(25-4-6-29-7-5-25)13-2-1-3-14(22)8-13/h1-3,8-10,17,23H,4-7,11-12H2,(H,24,26). The minimum atomic E-state index is -4.02. The second-order valence-corrected chi connectivity index (χ2v) is 9.33. The number of amides is 1. The van der Waals surface area contributed by atoms with Crippen molar-refractivity contribution in [2.24, 2.45) is 0 Å². The van der Waals surface area contributed by atoms with Crippen molar-refractivity contribution in [3.8, 4) is 5.75 Å². The molecule has 2 heterocycles.